The molecule has 1 rings (SSSR count). The van der Waals surface area contributed by atoms with Gasteiger partial charge in [0.1, 0.15) is 11.0 Å². The van der Waals surface area contributed by atoms with Crippen molar-refractivity contribution in [3.8, 4) is 0 Å². The number of aliphatic hydroxyl groups excluding tert-OH is 1. The van der Waals surface area contributed by atoms with Crippen LogP contribution in [0.25, 0.3) is 0 Å². The number of hydrogen-bond donors (Lipinski definition) is 1. The van der Waals surface area contributed by atoms with Crippen molar-refractivity contribution in [2.45, 2.75) is 13.0 Å². The van der Waals surface area contributed by atoms with Crippen molar-refractivity contribution in [3.05, 3.63) is 28.8 Å². The van der Waals surface area contributed by atoms with Gasteiger partial charge in [0.25, 0.3) is 0 Å². The molecule has 1 N–H and O–H groups in total. The Morgan fingerprint density at radius 2 is 2.36 bits per heavy atom. The smallest absolute Gasteiger partial charge is 0.141 e. The van der Waals surface area contributed by atoms with Crippen molar-refractivity contribution >= 4 is 11.6 Å². The summed E-state index contributed by atoms with van der Waals surface area (Å²) in [5.41, 5.74) is 0.312. The highest BCUT2D eigenvalue weighted by molar-refractivity contribution is 6.30. The van der Waals surface area contributed by atoms with Gasteiger partial charge in [-0.3, -0.25) is 0 Å². The number of aromatic nitrogens is 1. The maximum Gasteiger partial charge on any atom is 0.141 e. The number of halogens is 2. The number of rotatable bonds is 1. The van der Waals surface area contributed by atoms with Crippen molar-refractivity contribution in [2.75, 3.05) is 0 Å². The van der Waals surface area contributed by atoms with E-state index in [4.69, 9.17) is 16.7 Å². The van der Waals surface area contributed by atoms with Crippen LogP contribution in [-0.2, 0) is 0 Å². The van der Waals surface area contributed by atoms with Crippen LogP contribution in [0.4, 0.5) is 4.39 Å². The lowest BCUT2D eigenvalue weighted by Gasteiger charge is -2.04. The molecule has 4 heteroatoms. The van der Waals surface area contributed by atoms with Crippen molar-refractivity contribution in [3.63, 3.8) is 0 Å². The molecule has 60 valence electrons. The Bertz CT molecular complexity index is 265. The Morgan fingerprint density at radius 3 is 2.82 bits per heavy atom. The van der Waals surface area contributed by atoms with Gasteiger partial charge in [0.2, 0.25) is 0 Å². The molecule has 0 radical (unpaired) electrons. The molecular formula is C7H7ClFNO. The van der Waals surface area contributed by atoms with Gasteiger partial charge in [-0.1, -0.05) is 11.6 Å². The largest absolute Gasteiger partial charge is 0.389 e. The molecule has 2 nitrogen and oxygen atoms in total. The first-order valence-corrected chi connectivity index (χ1v) is 3.48. The molecule has 0 aromatic carbocycles. The topological polar surface area (TPSA) is 33.1 Å². The average Bonchev–Trinajstić information content (AvgIpc) is 1.94. The van der Waals surface area contributed by atoms with Gasteiger partial charge in [0.05, 0.1) is 12.3 Å². The lowest BCUT2D eigenvalue weighted by Crippen LogP contribution is -1.95. The second kappa shape index (κ2) is 3.15. The van der Waals surface area contributed by atoms with E-state index in [0.29, 0.717) is 5.56 Å². The zero-order valence-electron chi connectivity index (χ0n) is 5.88. The fourth-order valence-electron chi connectivity index (χ4n) is 0.731. The summed E-state index contributed by atoms with van der Waals surface area (Å²) in [6.45, 7) is 1.50. The highest BCUT2D eigenvalue weighted by Crippen LogP contribution is 2.20. The third-order valence-electron chi connectivity index (χ3n) is 1.28. The second-order valence-corrected chi connectivity index (χ2v) is 2.57. The molecule has 0 spiro atoms. The van der Waals surface area contributed by atoms with Crippen LogP contribution in [0.1, 0.15) is 18.6 Å². The van der Waals surface area contributed by atoms with E-state index in [-0.39, 0.29) is 5.15 Å². The third-order valence-corrected chi connectivity index (χ3v) is 1.60. The van der Waals surface area contributed by atoms with Crippen LogP contribution < -0.4 is 0 Å². The molecule has 0 fully saturated rings. The fourth-order valence-corrected chi connectivity index (χ4v) is 0.992. The van der Waals surface area contributed by atoms with Crippen LogP contribution in [0.2, 0.25) is 5.15 Å². The zero-order chi connectivity index (χ0) is 8.43. The normalized spacial score (nSPS) is 13.1. The van der Waals surface area contributed by atoms with Gasteiger partial charge in [0, 0.05) is 5.56 Å². The molecule has 1 heterocycles. The number of hydrogen-bond acceptors (Lipinski definition) is 2. The molecule has 1 atom stereocenters. The first-order valence-electron chi connectivity index (χ1n) is 3.10. The predicted octanol–water partition coefficient (Wildman–Crippen LogP) is 1.93. The molecule has 0 bridgehead atoms. The maximum absolute atomic E-state index is 12.5. The lowest BCUT2D eigenvalue weighted by atomic mass is 10.2. The van der Waals surface area contributed by atoms with Crippen LogP contribution in [0.15, 0.2) is 12.3 Å². The SMILES string of the molecule is C[C@H](O)c1cc(F)cnc1Cl. The van der Waals surface area contributed by atoms with Crippen LogP contribution in [-0.4, -0.2) is 10.1 Å². The standard InChI is InChI=1S/C7H7ClFNO/c1-4(11)6-2-5(9)3-10-7(6)8/h2-4,11H,1H3/t4-/m0/s1. The highest BCUT2D eigenvalue weighted by Gasteiger charge is 2.07. The Kier molecular flexibility index (Phi) is 2.42. The summed E-state index contributed by atoms with van der Waals surface area (Å²) in [6, 6.07) is 1.17. The summed E-state index contributed by atoms with van der Waals surface area (Å²) in [5.74, 6) is -0.495. The van der Waals surface area contributed by atoms with Gasteiger partial charge in [-0.15, -0.1) is 0 Å². The maximum atomic E-state index is 12.5. The number of nitrogens with zero attached hydrogens (tertiary/aromatic N) is 1. The Balaban J connectivity index is 3.13. The molecule has 11 heavy (non-hydrogen) atoms. The van der Waals surface area contributed by atoms with Crippen LogP contribution >= 0.6 is 11.6 Å². The average molecular weight is 176 g/mol. The molecule has 0 aliphatic rings. The van der Waals surface area contributed by atoms with Crippen LogP contribution in [0.5, 0.6) is 0 Å². The van der Waals surface area contributed by atoms with E-state index in [0.717, 1.165) is 6.20 Å². The summed E-state index contributed by atoms with van der Waals surface area (Å²) in [4.78, 5) is 3.53. The molecule has 0 unspecified atom stereocenters. The van der Waals surface area contributed by atoms with Gasteiger partial charge in [-0.05, 0) is 13.0 Å². The molecule has 0 aliphatic carbocycles. The van der Waals surface area contributed by atoms with Gasteiger partial charge in [-0.25, -0.2) is 9.37 Å². The van der Waals surface area contributed by atoms with Gasteiger partial charge >= 0.3 is 0 Å². The lowest BCUT2D eigenvalue weighted by molar-refractivity contribution is 0.198. The van der Waals surface area contributed by atoms with E-state index < -0.39 is 11.9 Å². The molecule has 0 saturated heterocycles. The van der Waals surface area contributed by atoms with Gasteiger partial charge in [0.15, 0.2) is 0 Å². The van der Waals surface area contributed by atoms with Crippen molar-refractivity contribution in [1.29, 1.82) is 0 Å². The summed E-state index contributed by atoms with van der Waals surface area (Å²) in [6.07, 6.45) is 0.222. The minimum Gasteiger partial charge on any atom is -0.389 e. The van der Waals surface area contributed by atoms with Crippen LogP contribution in [0, 0.1) is 5.82 Å². The van der Waals surface area contributed by atoms with Crippen molar-refractivity contribution in [2.24, 2.45) is 0 Å². The monoisotopic (exact) mass is 175 g/mol. The second-order valence-electron chi connectivity index (χ2n) is 2.21. The summed E-state index contributed by atoms with van der Waals surface area (Å²) in [5, 5.41) is 9.18. The zero-order valence-corrected chi connectivity index (χ0v) is 6.64. The van der Waals surface area contributed by atoms with Crippen molar-refractivity contribution in [1.82, 2.24) is 4.98 Å². The first-order chi connectivity index (χ1) is 5.11. The minimum absolute atomic E-state index is 0.140. The first kappa shape index (κ1) is 8.43. The van der Waals surface area contributed by atoms with Gasteiger partial charge in [-0.2, -0.15) is 0 Å². The summed E-state index contributed by atoms with van der Waals surface area (Å²) in [7, 11) is 0. The molecule has 1 aromatic heterocycles. The Morgan fingerprint density at radius 1 is 1.73 bits per heavy atom. The number of aliphatic hydroxyl groups is 1. The van der Waals surface area contributed by atoms with Crippen molar-refractivity contribution < 1.29 is 9.50 Å². The van der Waals surface area contributed by atoms with Crippen LogP contribution in [0.3, 0.4) is 0 Å². The predicted molar refractivity (Wildman–Crippen MR) is 39.8 cm³/mol. The van der Waals surface area contributed by atoms with E-state index in [2.05, 4.69) is 4.98 Å². The fraction of sp³-hybridized carbons (Fsp3) is 0.286. The summed E-state index contributed by atoms with van der Waals surface area (Å²) >= 11 is 5.55. The van der Waals surface area contributed by atoms with Gasteiger partial charge < -0.3 is 5.11 Å². The highest BCUT2D eigenvalue weighted by atomic mass is 35.5. The van der Waals surface area contributed by atoms with E-state index in [1.54, 1.807) is 0 Å². The Labute approximate surface area is 68.6 Å². The van der Waals surface area contributed by atoms with E-state index in [1.165, 1.54) is 13.0 Å². The molecule has 0 saturated carbocycles. The minimum atomic E-state index is -0.786. The molecule has 0 amide bonds. The Hall–Kier alpha value is -0.670. The van der Waals surface area contributed by atoms with E-state index in [1.807, 2.05) is 0 Å². The molecule has 0 aliphatic heterocycles. The number of pyridine rings is 1. The molecule has 1 aromatic rings. The van der Waals surface area contributed by atoms with E-state index in [9.17, 15) is 4.39 Å². The summed E-state index contributed by atoms with van der Waals surface area (Å²) < 4.78 is 12.5. The third kappa shape index (κ3) is 1.88. The van der Waals surface area contributed by atoms with E-state index >= 15 is 0 Å². The quantitative estimate of drug-likeness (QED) is 0.662. The molecular weight excluding hydrogens is 169 g/mol.